The van der Waals surface area contributed by atoms with Gasteiger partial charge in [-0.1, -0.05) is 6.07 Å². The van der Waals surface area contributed by atoms with Crippen molar-refractivity contribution in [1.29, 1.82) is 0 Å². The zero-order valence-electron chi connectivity index (χ0n) is 16.7. The van der Waals surface area contributed by atoms with Crippen LogP contribution in [0, 0.1) is 0 Å². The molecule has 0 aliphatic carbocycles. The minimum Gasteiger partial charge on any atom is -0.497 e. The molecule has 0 bridgehead atoms. The lowest BCUT2D eigenvalue weighted by Crippen LogP contribution is -2.34. The molecule has 0 unspecified atom stereocenters. The number of nitrogens with zero attached hydrogens (tertiary/aromatic N) is 1. The summed E-state index contributed by atoms with van der Waals surface area (Å²) in [4.78, 5) is 26.0. The number of carbonyl (C=O) groups excluding carboxylic acids is 2. The molecule has 3 amide bonds. The van der Waals surface area contributed by atoms with Crippen LogP contribution in [0.2, 0.25) is 0 Å². The average molecular weight is 385 g/mol. The molecule has 0 aromatic heterocycles. The summed E-state index contributed by atoms with van der Waals surface area (Å²) in [5, 5.41) is 5.47. The van der Waals surface area contributed by atoms with E-state index in [-0.39, 0.29) is 18.0 Å². The molecule has 0 atom stereocenters. The third-order valence-corrected chi connectivity index (χ3v) is 3.89. The van der Waals surface area contributed by atoms with E-state index in [1.54, 1.807) is 43.3 Å². The molecule has 2 rings (SSSR count). The zero-order valence-corrected chi connectivity index (χ0v) is 16.7. The van der Waals surface area contributed by atoms with Crippen LogP contribution in [0.25, 0.3) is 0 Å². The average Bonchev–Trinajstić information content (AvgIpc) is 2.67. The van der Waals surface area contributed by atoms with Crippen molar-refractivity contribution >= 4 is 17.6 Å². The maximum atomic E-state index is 12.6. The number of carbonyl (C=O) groups is 2. The van der Waals surface area contributed by atoms with E-state index in [1.807, 2.05) is 38.1 Å². The van der Waals surface area contributed by atoms with Crippen molar-refractivity contribution in [2.75, 3.05) is 32.6 Å². The monoisotopic (exact) mass is 385 g/mol. The summed E-state index contributed by atoms with van der Waals surface area (Å²) < 4.78 is 10.8. The van der Waals surface area contributed by atoms with E-state index in [0.29, 0.717) is 30.2 Å². The van der Waals surface area contributed by atoms with E-state index < -0.39 is 0 Å². The van der Waals surface area contributed by atoms with Crippen LogP contribution in [0.4, 0.5) is 10.5 Å². The van der Waals surface area contributed by atoms with Gasteiger partial charge in [-0.15, -0.1) is 0 Å². The number of rotatable bonds is 8. The van der Waals surface area contributed by atoms with Crippen LogP contribution in [0.3, 0.4) is 0 Å². The lowest BCUT2D eigenvalue weighted by Gasteiger charge is -2.18. The molecule has 2 N–H and O–H groups in total. The van der Waals surface area contributed by atoms with Crippen LogP contribution in [0.5, 0.6) is 11.5 Å². The van der Waals surface area contributed by atoms with Crippen LogP contribution in [-0.4, -0.2) is 50.2 Å². The highest BCUT2D eigenvalue weighted by Crippen LogP contribution is 2.17. The highest BCUT2D eigenvalue weighted by Gasteiger charge is 2.13. The Kier molecular flexibility index (Phi) is 7.68. The number of ether oxygens (including phenoxy) is 2. The fraction of sp³-hybridized carbons (Fsp3) is 0.333. The number of amides is 3. The number of benzene rings is 2. The minimum absolute atomic E-state index is 0.0293. The molecule has 0 aliphatic rings. The highest BCUT2D eigenvalue weighted by atomic mass is 16.5. The van der Waals surface area contributed by atoms with Gasteiger partial charge >= 0.3 is 6.03 Å². The predicted octanol–water partition coefficient (Wildman–Crippen LogP) is 3.38. The van der Waals surface area contributed by atoms with Crippen LogP contribution in [0.1, 0.15) is 24.2 Å². The molecule has 150 valence electrons. The third-order valence-electron chi connectivity index (χ3n) is 3.89. The van der Waals surface area contributed by atoms with Crippen molar-refractivity contribution in [3.63, 3.8) is 0 Å². The Morgan fingerprint density at radius 2 is 1.75 bits per heavy atom. The molecule has 0 heterocycles. The lowest BCUT2D eigenvalue weighted by molar-refractivity contribution is 0.0774. The molecule has 0 saturated carbocycles. The molecular weight excluding hydrogens is 358 g/mol. The number of hydrogen-bond acceptors (Lipinski definition) is 4. The van der Waals surface area contributed by atoms with Crippen molar-refractivity contribution in [2.45, 2.75) is 19.9 Å². The SMILES string of the molecule is COc1ccc(OCCN(C)C(=O)c2cccc(NC(=O)NC(C)C)c2)cc1. The fourth-order valence-corrected chi connectivity index (χ4v) is 2.45. The summed E-state index contributed by atoms with van der Waals surface area (Å²) in [5.41, 5.74) is 1.06. The molecular formula is C21H27N3O4. The number of likely N-dealkylation sites (N-methyl/N-ethyl adjacent to an activating group) is 1. The van der Waals surface area contributed by atoms with Crippen molar-refractivity contribution in [3.8, 4) is 11.5 Å². The summed E-state index contributed by atoms with van der Waals surface area (Å²) >= 11 is 0. The zero-order chi connectivity index (χ0) is 20.5. The van der Waals surface area contributed by atoms with Crippen molar-refractivity contribution < 1.29 is 19.1 Å². The van der Waals surface area contributed by atoms with E-state index in [0.717, 1.165) is 5.75 Å². The van der Waals surface area contributed by atoms with Gasteiger partial charge in [0.05, 0.1) is 13.7 Å². The summed E-state index contributed by atoms with van der Waals surface area (Å²) in [6, 6.07) is 13.8. The summed E-state index contributed by atoms with van der Waals surface area (Å²) in [7, 11) is 3.32. The normalized spacial score (nSPS) is 10.3. The first-order valence-corrected chi connectivity index (χ1v) is 9.09. The molecule has 7 nitrogen and oxygen atoms in total. The molecule has 0 aliphatic heterocycles. The molecule has 0 saturated heterocycles. The van der Waals surface area contributed by atoms with Gasteiger partial charge in [0.1, 0.15) is 18.1 Å². The standard InChI is InChI=1S/C21H27N3O4/c1-15(2)22-21(26)23-17-7-5-6-16(14-17)20(25)24(3)12-13-28-19-10-8-18(27-4)9-11-19/h5-11,14-15H,12-13H2,1-4H3,(H2,22,23,26). The first-order chi connectivity index (χ1) is 13.4. The van der Waals surface area contributed by atoms with Gasteiger partial charge in [-0.3, -0.25) is 4.79 Å². The van der Waals surface area contributed by atoms with E-state index >= 15 is 0 Å². The van der Waals surface area contributed by atoms with Gasteiger partial charge in [0.25, 0.3) is 5.91 Å². The van der Waals surface area contributed by atoms with E-state index in [4.69, 9.17) is 9.47 Å². The van der Waals surface area contributed by atoms with Crippen LogP contribution >= 0.6 is 0 Å². The maximum absolute atomic E-state index is 12.6. The predicted molar refractivity (Wildman–Crippen MR) is 109 cm³/mol. The Labute approximate surface area is 165 Å². The van der Waals surface area contributed by atoms with Crippen LogP contribution in [0.15, 0.2) is 48.5 Å². The number of methoxy groups -OCH3 is 1. The smallest absolute Gasteiger partial charge is 0.319 e. The second-order valence-electron chi connectivity index (χ2n) is 6.58. The minimum atomic E-state index is -0.305. The lowest BCUT2D eigenvalue weighted by atomic mass is 10.2. The second-order valence-corrected chi connectivity index (χ2v) is 6.58. The molecule has 0 radical (unpaired) electrons. The van der Waals surface area contributed by atoms with Gasteiger partial charge in [-0.05, 0) is 56.3 Å². The number of hydrogen-bond donors (Lipinski definition) is 2. The first kappa shape index (κ1) is 21.1. The molecule has 0 fully saturated rings. The Morgan fingerprint density at radius 1 is 1.07 bits per heavy atom. The Bertz CT molecular complexity index is 790. The molecule has 2 aromatic carbocycles. The topological polar surface area (TPSA) is 79.9 Å². The van der Waals surface area contributed by atoms with E-state index in [2.05, 4.69) is 10.6 Å². The summed E-state index contributed by atoms with van der Waals surface area (Å²) in [6.45, 7) is 4.55. The van der Waals surface area contributed by atoms with E-state index in [9.17, 15) is 9.59 Å². The van der Waals surface area contributed by atoms with Crippen molar-refractivity contribution in [1.82, 2.24) is 10.2 Å². The van der Waals surface area contributed by atoms with Crippen molar-refractivity contribution in [3.05, 3.63) is 54.1 Å². The first-order valence-electron chi connectivity index (χ1n) is 9.09. The highest BCUT2D eigenvalue weighted by molar-refractivity contribution is 5.96. The van der Waals surface area contributed by atoms with E-state index in [1.165, 1.54) is 0 Å². The Hall–Kier alpha value is -3.22. The molecule has 2 aromatic rings. The number of urea groups is 1. The van der Waals surface area contributed by atoms with Crippen molar-refractivity contribution in [2.24, 2.45) is 0 Å². The fourth-order valence-electron chi connectivity index (χ4n) is 2.45. The maximum Gasteiger partial charge on any atom is 0.319 e. The third kappa shape index (κ3) is 6.50. The summed E-state index contributed by atoms with van der Waals surface area (Å²) in [5.74, 6) is 1.32. The molecule has 7 heteroatoms. The van der Waals surface area contributed by atoms with Gasteiger partial charge in [0.15, 0.2) is 0 Å². The Balaban J connectivity index is 1.87. The van der Waals surface area contributed by atoms with Crippen LogP contribution in [-0.2, 0) is 0 Å². The number of nitrogens with one attached hydrogen (secondary N) is 2. The summed E-state index contributed by atoms with van der Waals surface area (Å²) in [6.07, 6.45) is 0. The second kappa shape index (κ2) is 10.2. The van der Waals surface area contributed by atoms with Gasteiger partial charge in [0.2, 0.25) is 0 Å². The van der Waals surface area contributed by atoms with Crippen LogP contribution < -0.4 is 20.1 Å². The number of anilines is 1. The molecule has 28 heavy (non-hydrogen) atoms. The van der Waals surface area contributed by atoms with Gasteiger partial charge in [-0.2, -0.15) is 0 Å². The largest absolute Gasteiger partial charge is 0.497 e. The quantitative estimate of drug-likeness (QED) is 0.730. The van der Waals surface area contributed by atoms with Gasteiger partial charge < -0.3 is 25.0 Å². The van der Waals surface area contributed by atoms with Gasteiger partial charge in [-0.25, -0.2) is 4.79 Å². The van der Waals surface area contributed by atoms with Gasteiger partial charge in [0, 0.05) is 24.3 Å². The Morgan fingerprint density at radius 3 is 2.39 bits per heavy atom. The molecule has 0 spiro atoms.